The van der Waals surface area contributed by atoms with Gasteiger partial charge in [-0.05, 0) is 132 Å². The summed E-state index contributed by atoms with van der Waals surface area (Å²) in [6.07, 6.45) is 34.4. The lowest BCUT2D eigenvalue weighted by Gasteiger charge is -2.22. The van der Waals surface area contributed by atoms with E-state index in [1.54, 1.807) is 0 Å². The molecule has 68 heavy (non-hydrogen) atoms. The van der Waals surface area contributed by atoms with Crippen LogP contribution in [-0.4, -0.2) is 7.05 Å². The summed E-state index contributed by atoms with van der Waals surface area (Å²) in [5.74, 6) is 0. The Morgan fingerprint density at radius 1 is 0.632 bits per heavy atom. The SMILES string of the molecule is C=C\C=C/C(=C\CC(=C/C=C\C)/C=C/N(c1ccc(C/C=C\C(=C/CC)c2ccccc2)cc1)c1ccc(-c2ccccc2)cc1)C(=C/C=C)/C=C(\C)N(C)c1cccc2oc3ccccc3c12. The molecule has 0 fully saturated rings. The van der Waals surface area contributed by atoms with Crippen LogP contribution in [0, 0.1) is 0 Å². The van der Waals surface area contributed by atoms with E-state index in [-0.39, 0.29) is 0 Å². The molecule has 338 valence electrons. The van der Waals surface area contributed by atoms with E-state index >= 15 is 0 Å². The summed E-state index contributed by atoms with van der Waals surface area (Å²) in [6, 6.07) is 53.3. The van der Waals surface area contributed by atoms with Crippen molar-refractivity contribution in [2.45, 2.75) is 40.0 Å². The Morgan fingerprint density at radius 3 is 2.01 bits per heavy atom. The van der Waals surface area contributed by atoms with E-state index in [1.165, 1.54) is 27.8 Å². The maximum absolute atomic E-state index is 6.23. The molecule has 0 aliphatic heterocycles. The largest absolute Gasteiger partial charge is 0.456 e. The lowest BCUT2D eigenvalue weighted by molar-refractivity contribution is 0.669. The van der Waals surface area contributed by atoms with Crippen molar-refractivity contribution in [1.82, 2.24) is 0 Å². The van der Waals surface area contributed by atoms with E-state index < -0.39 is 0 Å². The molecular weight excluding hydrogens is 825 g/mol. The van der Waals surface area contributed by atoms with Crippen molar-refractivity contribution >= 4 is 44.6 Å². The molecule has 1 heterocycles. The second kappa shape index (κ2) is 24.4. The molecule has 0 aliphatic carbocycles. The first kappa shape index (κ1) is 47.8. The minimum absolute atomic E-state index is 0.679. The van der Waals surface area contributed by atoms with Gasteiger partial charge in [0.05, 0.1) is 11.1 Å². The zero-order valence-electron chi connectivity index (χ0n) is 39.9. The van der Waals surface area contributed by atoms with Gasteiger partial charge in [0.25, 0.3) is 0 Å². The summed E-state index contributed by atoms with van der Waals surface area (Å²) in [4.78, 5) is 4.50. The fraction of sp³-hybridized carbons (Fsp3) is 0.108. The maximum atomic E-state index is 6.23. The molecule has 6 aromatic carbocycles. The Kier molecular flexibility index (Phi) is 17.2. The van der Waals surface area contributed by atoms with E-state index in [0.717, 1.165) is 74.3 Å². The number of nitrogens with zero attached hydrogens (tertiary/aromatic N) is 2. The molecular formula is C65H62N2O. The van der Waals surface area contributed by atoms with Gasteiger partial charge < -0.3 is 14.2 Å². The third-order valence-corrected chi connectivity index (χ3v) is 11.8. The van der Waals surface area contributed by atoms with Crippen LogP contribution in [0.25, 0.3) is 38.6 Å². The van der Waals surface area contributed by atoms with Crippen LogP contribution in [0.4, 0.5) is 17.1 Å². The van der Waals surface area contributed by atoms with Crippen LogP contribution in [0.2, 0.25) is 0 Å². The molecule has 1 aromatic heterocycles. The van der Waals surface area contributed by atoms with E-state index in [1.807, 2.05) is 43.4 Å². The van der Waals surface area contributed by atoms with E-state index in [9.17, 15) is 0 Å². The number of rotatable bonds is 20. The van der Waals surface area contributed by atoms with Crippen LogP contribution in [-0.2, 0) is 6.42 Å². The second-order valence-electron chi connectivity index (χ2n) is 16.5. The molecule has 0 radical (unpaired) electrons. The second-order valence-corrected chi connectivity index (χ2v) is 16.5. The maximum Gasteiger partial charge on any atom is 0.137 e. The summed E-state index contributed by atoms with van der Waals surface area (Å²) in [7, 11) is 2.11. The number of hydrogen-bond donors (Lipinski definition) is 0. The molecule has 0 spiro atoms. The first-order valence-corrected chi connectivity index (χ1v) is 23.5. The highest BCUT2D eigenvalue weighted by Gasteiger charge is 2.15. The topological polar surface area (TPSA) is 19.6 Å². The third kappa shape index (κ3) is 12.4. The van der Waals surface area contributed by atoms with Crippen molar-refractivity contribution in [1.29, 1.82) is 0 Å². The number of anilines is 3. The Hall–Kier alpha value is -8.14. The van der Waals surface area contributed by atoms with E-state index in [2.05, 4.69) is 250 Å². The highest BCUT2D eigenvalue weighted by atomic mass is 16.3. The minimum Gasteiger partial charge on any atom is -0.456 e. The predicted molar refractivity (Wildman–Crippen MR) is 296 cm³/mol. The molecule has 0 unspecified atom stereocenters. The smallest absolute Gasteiger partial charge is 0.137 e. The molecule has 0 amide bonds. The molecule has 7 aromatic rings. The van der Waals surface area contributed by atoms with Crippen LogP contribution in [0.5, 0.6) is 0 Å². The normalized spacial score (nSPS) is 13.2. The van der Waals surface area contributed by atoms with Gasteiger partial charge in [-0.25, -0.2) is 0 Å². The monoisotopic (exact) mass is 886 g/mol. The molecule has 3 heteroatoms. The van der Waals surface area contributed by atoms with Crippen LogP contribution >= 0.6 is 0 Å². The van der Waals surface area contributed by atoms with Gasteiger partial charge in [-0.1, -0.05) is 202 Å². The van der Waals surface area contributed by atoms with Crippen molar-refractivity contribution in [3.63, 3.8) is 0 Å². The first-order chi connectivity index (χ1) is 33.4. The summed E-state index contributed by atoms with van der Waals surface area (Å²) < 4.78 is 6.23. The van der Waals surface area contributed by atoms with Crippen molar-refractivity contribution in [2.24, 2.45) is 0 Å². The van der Waals surface area contributed by atoms with Crippen molar-refractivity contribution in [3.05, 3.63) is 290 Å². The highest BCUT2D eigenvalue weighted by molar-refractivity contribution is 6.11. The first-order valence-electron chi connectivity index (χ1n) is 23.5. The van der Waals surface area contributed by atoms with Gasteiger partial charge in [-0.3, -0.25) is 0 Å². The van der Waals surface area contributed by atoms with Crippen LogP contribution in [0.15, 0.2) is 283 Å². The number of allylic oxidation sites excluding steroid dienone is 19. The number of hydrogen-bond acceptors (Lipinski definition) is 3. The number of para-hydroxylation sites is 1. The Morgan fingerprint density at radius 2 is 1.31 bits per heavy atom. The van der Waals surface area contributed by atoms with E-state index in [0.29, 0.717) is 6.42 Å². The number of fused-ring (bicyclic) bond motifs is 3. The zero-order valence-corrected chi connectivity index (χ0v) is 39.9. The van der Waals surface area contributed by atoms with Gasteiger partial charge in [0.15, 0.2) is 0 Å². The lowest BCUT2D eigenvalue weighted by Crippen LogP contribution is -2.14. The molecule has 7 rings (SSSR count). The number of benzene rings is 6. The van der Waals surface area contributed by atoms with Crippen LogP contribution < -0.4 is 9.80 Å². The third-order valence-electron chi connectivity index (χ3n) is 11.8. The van der Waals surface area contributed by atoms with Crippen LogP contribution in [0.3, 0.4) is 0 Å². The van der Waals surface area contributed by atoms with E-state index in [4.69, 9.17) is 4.42 Å². The molecule has 0 atom stereocenters. The lowest BCUT2D eigenvalue weighted by atomic mass is 9.99. The summed E-state index contributed by atoms with van der Waals surface area (Å²) in [5, 5.41) is 2.20. The highest BCUT2D eigenvalue weighted by Crippen LogP contribution is 2.37. The minimum atomic E-state index is 0.679. The average Bonchev–Trinajstić information content (AvgIpc) is 3.77. The van der Waals surface area contributed by atoms with Gasteiger partial charge in [0, 0.05) is 35.7 Å². The zero-order chi connectivity index (χ0) is 47.5. The average molecular weight is 887 g/mol. The Balaban J connectivity index is 1.18. The van der Waals surface area contributed by atoms with Gasteiger partial charge in [0.2, 0.25) is 0 Å². The van der Waals surface area contributed by atoms with Crippen molar-refractivity contribution in [3.8, 4) is 11.1 Å². The van der Waals surface area contributed by atoms with Crippen molar-refractivity contribution < 1.29 is 4.42 Å². The fourth-order valence-electron chi connectivity index (χ4n) is 8.18. The van der Waals surface area contributed by atoms with Gasteiger partial charge in [-0.2, -0.15) is 0 Å². The number of furan rings is 1. The molecule has 0 aliphatic rings. The molecule has 0 bridgehead atoms. The summed E-state index contributed by atoms with van der Waals surface area (Å²) >= 11 is 0. The van der Waals surface area contributed by atoms with Gasteiger partial charge in [-0.15, -0.1) is 0 Å². The van der Waals surface area contributed by atoms with Crippen LogP contribution in [0.1, 0.15) is 44.7 Å². The molecule has 0 N–H and O–H groups in total. The Bertz CT molecular complexity index is 3070. The molecule has 0 saturated carbocycles. The van der Waals surface area contributed by atoms with Gasteiger partial charge in [0.1, 0.15) is 11.2 Å². The quantitative estimate of drug-likeness (QED) is 0.0711. The fourth-order valence-corrected chi connectivity index (χ4v) is 8.18. The summed E-state index contributed by atoms with van der Waals surface area (Å²) in [6.45, 7) is 14.5. The summed E-state index contributed by atoms with van der Waals surface area (Å²) in [5.41, 5.74) is 15.4. The van der Waals surface area contributed by atoms with Gasteiger partial charge >= 0.3 is 0 Å². The Labute approximate surface area is 404 Å². The molecule has 0 saturated heterocycles. The van der Waals surface area contributed by atoms with Crippen molar-refractivity contribution in [2.75, 3.05) is 16.8 Å². The predicted octanol–water partition coefficient (Wildman–Crippen LogP) is 18.2. The molecule has 3 nitrogen and oxygen atoms in total. The standard InChI is InChI=1S/C65H62N2O/c1-7-11-25-52(37-40-56(27-12-8-2)58(24-10-4)49-50(5)66(6)62-34-22-36-64-65(62)61-33-19-20-35-63(61)68-64)47-48-67(60-45-41-57(42-46-60)55-30-17-14-18-31-55)59-43-38-51(39-44-59)26-21-32-53(23-9-3)54-28-15-13-16-29-54/h7-8,10-25,27-36,38-49H,2,4,9,26,37H2,1,3,5-6H3/b11-7-,27-12-,32-21-,48-47+,50-49+,52-25-,53-23+,56-40+,58-24+.